The molecule has 0 aromatic heterocycles. The summed E-state index contributed by atoms with van der Waals surface area (Å²) in [7, 11) is 0. The molecule has 0 atom stereocenters. The Labute approximate surface area is 89.5 Å². The lowest BCUT2D eigenvalue weighted by atomic mass is 10.2. The Morgan fingerprint density at radius 2 is 1.67 bits per heavy atom. The second-order valence-electron chi connectivity index (χ2n) is 2.00. The quantitative estimate of drug-likeness (QED) is 0.779. The number of hydrogen-bond donors (Lipinski definition) is 1. The predicted octanol–water partition coefficient (Wildman–Crippen LogP) is 2.09. The van der Waals surface area contributed by atoms with Crippen molar-refractivity contribution in [2.45, 2.75) is 20.5 Å². The highest BCUT2D eigenvalue weighted by molar-refractivity contribution is 5.37. The first kappa shape index (κ1) is 15.6. The Hall–Kier alpha value is -1.84. The highest BCUT2D eigenvalue weighted by Gasteiger charge is 1.87. The van der Waals surface area contributed by atoms with Crippen LogP contribution in [0.2, 0.25) is 0 Å². The molecule has 0 fully saturated rings. The van der Waals surface area contributed by atoms with Crippen molar-refractivity contribution in [2.75, 3.05) is 0 Å². The van der Waals surface area contributed by atoms with Gasteiger partial charge in [-0.25, -0.2) is 0 Å². The first-order valence-electron chi connectivity index (χ1n) is 4.52. The van der Waals surface area contributed by atoms with Crippen molar-refractivity contribution < 1.29 is 19.4 Å². The molecule has 84 valence electrons. The van der Waals surface area contributed by atoms with E-state index in [0.717, 1.165) is 5.56 Å². The molecule has 0 spiro atoms. The van der Waals surface area contributed by atoms with Crippen molar-refractivity contribution in [2.24, 2.45) is 0 Å². The van der Waals surface area contributed by atoms with E-state index in [-0.39, 0.29) is 6.47 Å². The molecule has 0 bridgehead atoms. The minimum Gasteiger partial charge on any atom is -0.483 e. The van der Waals surface area contributed by atoms with E-state index >= 15 is 0 Å². The maximum absolute atomic E-state index is 9.76. The molecule has 0 unspecified atom stereocenters. The summed E-state index contributed by atoms with van der Waals surface area (Å²) in [5.41, 5.74) is 1.01. The van der Waals surface area contributed by atoms with Crippen LogP contribution in [0.5, 0.6) is 0 Å². The van der Waals surface area contributed by atoms with Gasteiger partial charge in [0.25, 0.3) is 12.9 Å². The van der Waals surface area contributed by atoms with Crippen molar-refractivity contribution in [1.29, 1.82) is 0 Å². The van der Waals surface area contributed by atoms with Crippen LogP contribution in [-0.4, -0.2) is 18.1 Å². The zero-order valence-corrected chi connectivity index (χ0v) is 8.92. The van der Waals surface area contributed by atoms with E-state index in [9.17, 15) is 4.79 Å². The summed E-state index contributed by atoms with van der Waals surface area (Å²) in [5, 5.41) is 6.89. The summed E-state index contributed by atoms with van der Waals surface area (Å²) in [6.07, 6.45) is 0. The van der Waals surface area contributed by atoms with E-state index in [0.29, 0.717) is 13.1 Å². The average molecular weight is 212 g/mol. The minimum atomic E-state index is -0.250. The van der Waals surface area contributed by atoms with E-state index in [1.165, 1.54) is 0 Å². The molecular formula is C11H16O4. The predicted molar refractivity (Wildman–Crippen MR) is 57.3 cm³/mol. The zero-order valence-electron chi connectivity index (χ0n) is 8.92. The topological polar surface area (TPSA) is 63.6 Å². The molecule has 0 aliphatic rings. The molecule has 1 rings (SSSR count). The van der Waals surface area contributed by atoms with Gasteiger partial charge in [0.05, 0.1) is 0 Å². The molecule has 0 aliphatic carbocycles. The summed E-state index contributed by atoms with van der Waals surface area (Å²) in [5.74, 6) is 0. The molecule has 0 amide bonds. The maximum atomic E-state index is 9.76. The van der Waals surface area contributed by atoms with Crippen molar-refractivity contribution in [1.82, 2.24) is 0 Å². The second kappa shape index (κ2) is 14.7. The van der Waals surface area contributed by atoms with Gasteiger partial charge in [0.15, 0.2) is 0 Å². The number of carboxylic acid groups (broad SMARTS) is 1. The van der Waals surface area contributed by atoms with Crippen molar-refractivity contribution in [3.8, 4) is 0 Å². The van der Waals surface area contributed by atoms with Crippen LogP contribution in [0.15, 0.2) is 30.3 Å². The Morgan fingerprint density at radius 1 is 1.20 bits per heavy atom. The lowest BCUT2D eigenvalue weighted by molar-refractivity contribution is -0.129. The summed E-state index contributed by atoms with van der Waals surface area (Å²) in [4.78, 5) is 18.1. The van der Waals surface area contributed by atoms with Gasteiger partial charge in [-0.3, -0.25) is 9.59 Å². The van der Waals surface area contributed by atoms with Gasteiger partial charge in [0.2, 0.25) is 0 Å². The van der Waals surface area contributed by atoms with Crippen LogP contribution in [0.25, 0.3) is 0 Å². The number of carbonyl (C=O) groups excluding carboxylic acids is 1. The van der Waals surface area contributed by atoms with Crippen molar-refractivity contribution in [3.05, 3.63) is 35.9 Å². The fourth-order valence-corrected chi connectivity index (χ4v) is 0.704. The largest absolute Gasteiger partial charge is 0.483 e. The van der Waals surface area contributed by atoms with Crippen LogP contribution in [0.4, 0.5) is 0 Å². The third kappa shape index (κ3) is 12.2. The molecule has 0 aliphatic heterocycles. The minimum absolute atomic E-state index is 0.250. The molecule has 0 heterocycles. The van der Waals surface area contributed by atoms with E-state index in [4.69, 9.17) is 9.90 Å². The maximum Gasteiger partial charge on any atom is 0.293 e. The van der Waals surface area contributed by atoms with E-state index in [2.05, 4.69) is 4.74 Å². The number of benzene rings is 1. The number of hydrogen-bond acceptors (Lipinski definition) is 3. The van der Waals surface area contributed by atoms with Crippen LogP contribution in [0, 0.1) is 0 Å². The Balaban J connectivity index is 0. The number of ether oxygens (including phenoxy) is 1. The number of rotatable bonds is 3. The molecule has 1 aromatic rings. The second-order valence-corrected chi connectivity index (χ2v) is 2.00. The normalized spacial score (nSPS) is 7.07. The van der Waals surface area contributed by atoms with Gasteiger partial charge < -0.3 is 9.84 Å². The van der Waals surface area contributed by atoms with Gasteiger partial charge >= 0.3 is 0 Å². The van der Waals surface area contributed by atoms with Gasteiger partial charge in [0, 0.05) is 0 Å². The monoisotopic (exact) mass is 212 g/mol. The fraction of sp³-hybridized carbons (Fsp3) is 0.273. The molecule has 15 heavy (non-hydrogen) atoms. The van der Waals surface area contributed by atoms with E-state index in [1.807, 2.05) is 44.2 Å². The Kier molecular flexibility index (Phi) is 15.3. The number of carbonyl (C=O) groups is 2. The summed E-state index contributed by atoms with van der Waals surface area (Å²) < 4.78 is 4.54. The van der Waals surface area contributed by atoms with Crippen LogP contribution in [0.1, 0.15) is 19.4 Å². The third-order valence-electron chi connectivity index (χ3n) is 1.16. The molecular weight excluding hydrogens is 196 g/mol. The Bertz CT molecular complexity index is 234. The molecule has 1 N–H and O–H groups in total. The Morgan fingerprint density at radius 3 is 2.07 bits per heavy atom. The lowest BCUT2D eigenvalue weighted by Crippen LogP contribution is -1.88. The average Bonchev–Trinajstić information content (AvgIpc) is 2.31. The van der Waals surface area contributed by atoms with Gasteiger partial charge in [-0.15, -0.1) is 0 Å². The first-order chi connectivity index (χ1) is 7.35. The first-order valence-corrected chi connectivity index (χ1v) is 4.52. The van der Waals surface area contributed by atoms with Crippen molar-refractivity contribution in [3.63, 3.8) is 0 Å². The summed E-state index contributed by atoms with van der Waals surface area (Å²) >= 11 is 0. The molecule has 0 saturated carbocycles. The van der Waals surface area contributed by atoms with E-state index in [1.54, 1.807) is 0 Å². The summed E-state index contributed by atoms with van der Waals surface area (Å²) in [6, 6.07) is 9.55. The van der Waals surface area contributed by atoms with Gasteiger partial charge in [-0.1, -0.05) is 44.2 Å². The van der Waals surface area contributed by atoms with Gasteiger partial charge in [-0.05, 0) is 5.56 Å². The molecule has 4 nitrogen and oxygen atoms in total. The molecule has 4 heteroatoms. The standard InChI is InChI=1S/C8H8O2.C2H6.CH2O2/c9-7-10-6-8-4-2-1-3-5-8;1-2;2-1-3/h1-5,7H,6H2;1-2H3;1H,(H,2,3). The van der Waals surface area contributed by atoms with Crippen LogP contribution in [-0.2, 0) is 20.9 Å². The highest BCUT2D eigenvalue weighted by Crippen LogP contribution is 1.98. The van der Waals surface area contributed by atoms with Crippen LogP contribution in [0.3, 0.4) is 0 Å². The summed E-state index contributed by atoms with van der Waals surface area (Å²) in [6.45, 7) is 4.57. The fourth-order valence-electron chi connectivity index (χ4n) is 0.704. The van der Waals surface area contributed by atoms with Gasteiger partial charge in [-0.2, -0.15) is 0 Å². The van der Waals surface area contributed by atoms with Crippen LogP contribution < -0.4 is 0 Å². The SMILES string of the molecule is CC.O=CO.O=COCc1ccccc1. The lowest BCUT2D eigenvalue weighted by Gasteiger charge is -1.95. The zero-order chi connectivity index (χ0) is 11.9. The van der Waals surface area contributed by atoms with Gasteiger partial charge in [0.1, 0.15) is 6.61 Å². The highest BCUT2D eigenvalue weighted by atomic mass is 16.5. The molecule has 0 saturated heterocycles. The molecule has 0 radical (unpaired) electrons. The van der Waals surface area contributed by atoms with Crippen molar-refractivity contribution >= 4 is 12.9 Å². The van der Waals surface area contributed by atoms with E-state index < -0.39 is 0 Å². The third-order valence-corrected chi connectivity index (χ3v) is 1.16. The van der Waals surface area contributed by atoms with Crippen LogP contribution >= 0.6 is 0 Å². The smallest absolute Gasteiger partial charge is 0.293 e. The molecule has 1 aromatic carbocycles.